The van der Waals surface area contributed by atoms with E-state index in [4.69, 9.17) is 0 Å². The van der Waals surface area contributed by atoms with Crippen molar-refractivity contribution in [1.29, 1.82) is 0 Å². The van der Waals surface area contributed by atoms with Crippen molar-refractivity contribution < 1.29 is 13.2 Å². The molecule has 2 aromatic heterocycles. The Morgan fingerprint density at radius 3 is 2.44 bits per heavy atom. The van der Waals surface area contributed by atoms with E-state index >= 15 is 0 Å². The Bertz CT molecular complexity index is 1340. The summed E-state index contributed by atoms with van der Waals surface area (Å²) in [5, 5.41) is 4.10. The lowest BCUT2D eigenvalue weighted by Gasteiger charge is -2.37. The number of hydrogen-bond acceptors (Lipinski definition) is 5. The molecule has 1 aromatic carbocycles. The van der Waals surface area contributed by atoms with Crippen LogP contribution in [0.5, 0.6) is 0 Å². The molecule has 192 valence electrons. The number of aryl methyl sites for hydroxylation is 1. The second kappa shape index (κ2) is 9.18. The number of anilines is 1. The molecule has 3 aromatic rings. The number of alkyl halides is 3. The highest BCUT2D eigenvalue weighted by atomic mass is 19.4. The van der Waals surface area contributed by atoms with Crippen LogP contribution in [0.2, 0.25) is 0 Å². The van der Waals surface area contributed by atoms with Gasteiger partial charge >= 0.3 is 6.18 Å². The van der Waals surface area contributed by atoms with Crippen molar-refractivity contribution in [3.63, 3.8) is 0 Å². The largest absolute Gasteiger partial charge is 0.416 e. The van der Waals surface area contributed by atoms with Gasteiger partial charge in [-0.2, -0.15) is 13.2 Å². The van der Waals surface area contributed by atoms with Crippen LogP contribution in [0.4, 0.5) is 19.0 Å². The molecule has 0 radical (unpaired) electrons. The lowest BCUT2D eigenvalue weighted by Crippen LogP contribution is -2.42. The van der Waals surface area contributed by atoms with E-state index in [-0.39, 0.29) is 23.2 Å². The zero-order chi connectivity index (χ0) is 25.8. The zero-order valence-corrected chi connectivity index (χ0v) is 21.1. The molecule has 2 aliphatic rings. The van der Waals surface area contributed by atoms with E-state index < -0.39 is 11.7 Å². The van der Waals surface area contributed by atoms with Crippen LogP contribution in [0.25, 0.3) is 10.9 Å². The van der Waals surface area contributed by atoms with Crippen molar-refractivity contribution in [1.82, 2.24) is 19.4 Å². The molecule has 2 saturated heterocycles. The van der Waals surface area contributed by atoms with Crippen molar-refractivity contribution in [3.05, 3.63) is 63.3 Å². The molecule has 2 aliphatic heterocycles. The van der Waals surface area contributed by atoms with Gasteiger partial charge in [0, 0.05) is 30.4 Å². The van der Waals surface area contributed by atoms with Gasteiger partial charge in [0.25, 0.3) is 5.56 Å². The summed E-state index contributed by atoms with van der Waals surface area (Å²) >= 11 is 0. The Kier molecular flexibility index (Phi) is 6.31. The first-order valence-electron chi connectivity index (χ1n) is 12.6. The maximum atomic E-state index is 13.6. The predicted molar refractivity (Wildman–Crippen MR) is 134 cm³/mol. The van der Waals surface area contributed by atoms with Gasteiger partial charge in [0.1, 0.15) is 11.6 Å². The molecule has 4 heterocycles. The number of nitrogens with one attached hydrogen (secondary N) is 1. The Morgan fingerprint density at radius 2 is 1.81 bits per heavy atom. The smallest absolute Gasteiger partial charge is 0.363 e. The number of hydrogen-bond donors (Lipinski definition) is 1. The van der Waals surface area contributed by atoms with Gasteiger partial charge in [0.05, 0.1) is 22.5 Å². The van der Waals surface area contributed by atoms with Crippen LogP contribution in [0, 0.1) is 13.8 Å². The van der Waals surface area contributed by atoms with Crippen LogP contribution in [0.15, 0.2) is 35.3 Å². The van der Waals surface area contributed by atoms with E-state index in [1.54, 1.807) is 19.1 Å². The SMILES string of the molecule is CC[C@@H](Nc1nc(C)nc2cc(=O)n(C3CC4CCC(C3)N4C)cc12)c1cccc(C(F)(F)F)c1C. The van der Waals surface area contributed by atoms with Gasteiger partial charge in [-0.05, 0) is 70.2 Å². The summed E-state index contributed by atoms with van der Waals surface area (Å²) in [4.78, 5) is 24.6. The van der Waals surface area contributed by atoms with E-state index in [1.807, 2.05) is 17.7 Å². The van der Waals surface area contributed by atoms with Crippen LogP contribution >= 0.6 is 0 Å². The number of benzene rings is 1. The minimum Gasteiger partial charge on any atom is -0.363 e. The van der Waals surface area contributed by atoms with Crippen LogP contribution in [0.3, 0.4) is 0 Å². The molecule has 6 nitrogen and oxygen atoms in total. The number of pyridine rings is 1. The first kappa shape index (κ1) is 24.7. The van der Waals surface area contributed by atoms with E-state index in [0.717, 1.165) is 31.7 Å². The maximum Gasteiger partial charge on any atom is 0.416 e. The minimum absolute atomic E-state index is 0.0822. The normalized spacial score (nSPS) is 23.2. The highest BCUT2D eigenvalue weighted by Gasteiger charge is 2.39. The van der Waals surface area contributed by atoms with E-state index in [2.05, 4.69) is 27.2 Å². The number of piperidine rings is 1. The Hall–Kier alpha value is -2.94. The van der Waals surface area contributed by atoms with Gasteiger partial charge in [-0.3, -0.25) is 4.79 Å². The average molecular weight is 500 g/mol. The predicted octanol–water partition coefficient (Wildman–Crippen LogP) is 5.79. The molecule has 3 atom stereocenters. The lowest BCUT2D eigenvalue weighted by molar-refractivity contribution is -0.138. The Balaban J connectivity index is 1.55. The third-order valence-electron chi connectivity index (χ3n) is 8.11. The van der Waals surface area contributed by atoms with Crippen molar-refractivity contribution in [2.75, 3.05) is 12.4 Å². The molecule has 1 N–H and O–H groups in total. The van der Waals surface area contributed by atoms with Crippen molar-refractivity contribution >= 4 is 16.7 Å². The highest BCUT2D eigenvalue weighted by Crippen LogP contribution is 2.40. The van der Waals surface area contributed by atoms with Crippen LogP contribution < -0.4 is 10.9 Å². The summed E-state index contributed by atoms with van der Waals surface area (Å²) < 4.78 is 42.5. The van der Waals surface area contributed by atoms with Crippen LogP contribution in [-0.2, 0) is 6.18 Å². The average Bonchev–Trinajstić information content (AvgIpc) is 3.01. The zero-order valence-electron chi connectivity index (χ0n) is 21.1. The first-order valence-corrected chi connectivity index (χ1v) is 12.6. The molecule has 2 unspecified atom stereocenters. The fourth-order valence-corrected chi connectivity index (χ4v) is 6.14. The van der Waals surface area contributed by atoms with Crippen LogP contribution in [-0.4, -0.2) is 38.6 Å². The quantitative estimate of drug-likeness (QED) is 0.482. The van der Waals surface area contributed by atoms with Gasteiger partial charge < -0.3 is 14.8 Å². The summed E-state index contributed by atoms with van der Waals surface area (Å²) in [6, 6.07) is 6.54. The minimum atomic E-state index is -4.42. The molecule has 2 fully saturated rings. The maximum absolute atomic E-state index is 13.6. The summed E-state index contributed by atoms with van der Waals surface area (Å²) in [6.45, 7) is 5.19. The molecular formula is C27H32F3N5O. The van der Waals surface area contributed by atoms with E-state index in [1.165, 1.54) is 13.0 Å². The topological polar surface area (TPSA) is 63.1 Å². The van der Waals surface area contributed by atoms with Gasteiger partial charge in [-0.25, -0.2) is 9.97 Å². The number of halogens is 3. The standard InChI is InChI=1S/C27H32F3N5O/c1-5-23(20-7-6-8-22(15(20)2)27(28,29)30)33-26-21-14-35(25(36)13-24(21)31-16(3)32-26)19-11-17-9-10-18(12-19)34(17)4/h6-8,13-14,17-19,23H,5,9-12H2,1-4H3,(H,31,32,33)/t17?,18?,19?,23-/m1/s1. The van der Waals surface area contributed by atoms with Crippen LogP contribution in [0.1, 0.15) is 73.6 Å². The summed E-state index contributed by atoms with van der Waals surface area (Å²) in [6.07, 6.45) is 2.16. The van der Waals surface area contributed by atoms with Gasteiger partial charge in [0.2, 0.25) is 0 Å². The molecule has 0 aliphatic carbocycles. The summed E-state index contributed by atoms with van der Waals surface area (Å²) in [5.41, 5.74) is 0.615. The Morgan fingerprint density at radius 1 is 1.11 bits per heavy atom. The number of nitrogens with zero attached hydrogens (tertiary/aromatic N) is 4. The highest BCUT2D eigenvalue weighted by molar-refractivity contribution is 5.88. The summed E-state index contributed by atoms with van der Waals surface area (Å²) in [5.74, 6) is 1.03. The van der Waals surface area contributed by atoms with Gasteiger partial charge in [-0.1, -0.05) is 19.1 Å². The van der Waals surface area contributed by atoms with Crippen molar-refractivity contribution in [3.8, 4) is 0 Å². The third-order valence-corrected chi connectivity index (χ3v) is 8.11. The van der Waals surface area contributed by atoms with E-state index in [0.29, 0.717) is 46.6 Å². The second-order valence-electron chi connectivity index (χ2n) is 10.2. The fourth-order valence-electron chi connectivity index (χ4n) is 6.14. The summed E-state index contributed by atoms with van der Waals surface area (Å²) in [7, 11) is 2.17. The molecule has 0 spiro atoms. The third kappa shape index (κ3) is 4.38. The molecule has 0 amide bonds. The van der Waals surface area contributed by atoms with Crippen molar-refractivity contribution in [2.45, 2.75) is 83.2 Å². The van der Waals surface area contributed by atoms with Crippen molar-refractivity contribution in [2.24, 2.45) is 0 Å². The van der Waals surface area contributed by atoms with Gasteiger partial charge in [-0.15, -0.1) is 0 Å². The van der Waals surface area contributed by atoms with Gasteiger partial charge in [0.15, 0.2) is 0 Å². The fraction of sp³-hybridized carbons (Fsp3) is 0.519. The molecule has 2 bridgehead atoms. The molecule has 9 heteroatoms. The van der Waals surface area contributed by atoms with E-state index in [9.17, 15) is 18.0 Å². The molecule has 36 heavy (non-hydrogen) atoms. The molecular weight excluding hydrogens is 467 g/mol. The number of rotatable bonds is 5. The number of aromatic nitrogens is 3. The first-order chi connectivity index (χ1) is 17.1. The lowest BCUT2D eigenvalue weighted by atomic mass is 9.95. The monoisotopic (exact) mass is 499 g/mol. The number of fused-ring (bicyclic) bond motifs is 3. The second-order valence-corrected chi connectivity index (χ2v) is 10.2. The Labute approximate surface area is 208 Å². The molecule has 5 rings (SSSR count). The molecule has 0 saturated carbocycles.